The van der Waals surface area contributed by atoms with E-state index >= 15 is 0 Å². The van der Waals surface area contributed by atoms with Crippen LogP contribution in [0.2, 0.25) is 0 Å². The summed E-state index contributed by atoms with van der Waals surface area (Å²) in [6, 6.07) is 5.79. The summed E-state index contributed by atoms with van der Waals surface area (Å²) in [5, 5.41) is 8.18. The number of nitrogens with zero attached hydrogens (tertiary/aromatic N) is 6. The zero-order valence-electron chi connectivity index (χ0n) is 13.8. The van der Waals surface area contributed by atoms with Crippen LogP contribution in [-0.2, 0) is 11.3 Å². The molecule has 4 rings (SSSR count). The number of anilines is 1. The Labute approximate surface area is 140 Å². The average Bonchev–Trinajstić information content (AvgIpc) is 3.09. The van der Waals surface area contributed by atoms with Crippen molar-refractivity contribution >= 4 is 11.7 Å². The number of hydrogen-bond donors (Lipinski definition) is 0. The van der Waals surface area contributed by atoms with Crippen molar-refractivity contribution in [3.05, 3.63) is 35.8 Å². The molecule has 0 spiro atoms. The SMILES string of the molecule is CN(C)C(=O)c1cccc(N2CCC3C(C2)OCc2cnnn23)n1. The number of aromatic nitrogens is 4. The van der Waals surface area contributed by atoms with E-state index in [4.69, 9.17) is 4.74 Å². The van der Waals surface area contributed by atoms with E-state index in [0.717, 1.165) is 31.0 Å². The Kier molecular flexibility index (Phi) is 3.68. The van der Waals surface area contributed by atoms with E-state index in [1.807, 2.05) is 16.8 Å². The first-order valence-electron chi connectivity index (χ1n) is 8.08. The zero-order valence-corrected chi connectivity index (χ0v) is 13.8. The maximum absolute atomic E-state index is 12.1. The molecular formula is C16H20N6O2. The number of fused-ring (bicyclic) bond motifs is 3. The van der Waals surface area contributed by atoms with Crippen LogP contribution in [0, 0.1) is 0 Å². The molecule has 0 N–H and O–H groups in total. The second-order valence-corrected chi connectivity index (χ2v) is 6.40. The third-order valence-electron chi connectivity index (χ3n) is 4.62. The van der Waals surface area contributed by atoms with E-state index in [-0.39, 0.29) is 18.1 Å². The van der Waals surface area contributed by atoms with Crippen LogP contribution in [0.1, 0.15) is 28.6 Å². The molecule has 2 aliphatic heterocycles. The van der Waals surface area contributed by atoms with Crippen molar-refractivity contribution in [3.63, 3.8) is 0 Å². The first kappa shape index (κ1) is 15.1. The van der Waals surface area contributed by atoms with Crippen LogP contribution in [0.5, 0.6) is 0 Å². The quantitative estimate of drug-likeness (QED) is 0.809. The molecule has 126 valence electrons. The van der Waals surface area contributed by atoms with Crippen molar-refractivity contribution in [1.29, 1.82) is 0 Å². The summed E-state index contributed by atoms with van der Waals surface area (Å²) in [6.07, 6.45) is 2.73. The van der Waals surface area contributed by atoms with Crippen molar-refractivity contribution in [3.8, 4) is 0 Å². The lowest BCUT2D eigenvalue weighted by molar-refractivity contribution is -0.0335. The summed E-state index contributed by atoms with van der Waals surface area (Å²) in [5.41, 5.74) is 1.49. The monoisotopic (exact) mass is 328 g/mol. The minimum atomic E-state index is -0.0899. The number of pyridine rings is 1. The fraction of sp³-hybridized carbons (Fsp3) is 0.500. The number of ether oxygens (including phenoxy) is 1. The van der Waals surface area contributed by atoms with Crippen molar-refractivity contribution < 1.29 is 9.53 Å². The maximum atomic E-state index is 12.1. The first-order valence-corrected chi connectivity index (χ1v) is 8.08. The lowest BCUT2D eigenvalue weighted by atomic mass is 10.00. The van der Waals surface area contributed by atoms with Gasteiger partial charge in [-0.05, 0) is 18.6 Å². The van der Waals surface area contributed by atoms with E-state index in [9.17, 15) is 4.79 Å². The van der Waals surface area contributed by atoms with Crippen LogP contribution in [0.4, 0.5) is 5.82 Å². The van der Waals surface area contributed by atoms with Gasteiger partial charge in [0, 0.05) is 27.2 Å². The number of carbonyl (C=O) groups excluding carboxylic acids is 1. The molecule has 0 bridgehead atoms. The molecule has 1 fully saturated rings. The Balaban J connectivity index is 1.54. The number of rotatable bonds is 2. The lowest BCUT2D eigenvalue weighted by Gasteiger charge is -2.41. The summed E-state index contributed by atoms with van der Waals surface area (Å²) in [5.74, 6) is 0.724. The van der Waals surface area contributed by atoms with Gasteiger partial charge in [0.05, 0.1) is 30.6 Å². The molecule has 2 aliphatic rings. The van der Waals surface area contributed by atoms with Gasteiger partial charge in [-0.15, -0.1) is 5.10 Å². The van der Waals surface area contributed by atoms with Gasteiger partial charge < -0.3 is 14.5 Å². The number of hydrogen-bond acceptors (Lipinski definition) is 6. The van der Waals surface area contributed by atoms with Crippen LogP contribution in [-0.4, -0.2) is 64.1 Å². The molecule has 0 aromatic carbocycles. The molecule has 0 aliphatic carbocycles. The third-order valence-corrected chi connectivity index (χ3v) is 4.62. The Morgan fingerprint density at radius 2 is 2.25 bits per heavy atom. The molecule has 8 nitrogen and oxygen atoms in total. The standard InChI is InChI=1S/C16H20N6O2/c1-20(2)16(23)12-4-3-5-15(18-12)21-7-6-13-14(9-21)24-10-11-8-17-19-22(11)13/h3-5,8,13-14H,6-7,9-10H2,1-2H3. The van der Waals surface area contributed by atoms with Gasteiger partial charge in [0.1, 0.15) is 11.5 Å². The van der Waals surface area contributed by atoms with Crippen LogP contribution in [0.25, 0.3) is 0 Å². The Morgan fingerprint density at radius 3 is 3.08 bits per heavy atom. The van der Waals surface area contributed by atoms with E-state index in [0.29, 0.717) is 12.3 Å². The largest absolute Gasteiger partial charge is 0.368 e. The Hall–Kier alpha value is -2.48. The van der Waals surface area contributed by atoms with Gasteiger partial charge in [0.15, 0.2) is 0 Å². The number of piperidine rings is 1. The highest BCUT2D eigenvalue weighted by atomic mass is 16.5. The van der Waals surface area contributed by atoms with Crippen molar-refractivity contribution in [2.45, 2.75) is 25.2 Å². The predicted octanol–water partition coefficient (Wildman–Crippen LogP) is 0.725. The van der Waals surface area contributed by atoms with Crippen LogP contribution < -0.4 is 4.90 Å². The lowest BCUT2D eigenvalue weighted by Crippen LogP contribution is -2.49. The van der Waals surface area contributed by atoms with Gasteiger partial charge in [-0.1, -0.05) is 11.3 Å². The molecule has 4 heterocycles. The molecule has 0 radical (unpaired) electrons. The van der Waals surface area contributed by atoms with E-state index in [1.165, 1.54) is 4.90 Å². The van der Waals surface area contributed by atoms with Crippen molar-refractivity contribution in [2.24, 2.45) is 0 Å². The summed E-state index contributed by atoms with van der Waals surface area (Å²) in [4.78, 5) is 20.4. The topological polar surface area (TPSA) is 76.4 Å². The molecule has 1 amide bonds. The number of carbonyl (C=O) groups is 1. The van der Waals surface area contributed by atoms with Crippen LogP contribution in [0.15, 0.2) is 24.4 Å². The maximum Gasteiger partial charge on any atom is 0.272 e. The molecule has 2 aromatic heterocycles. The molecule has 2 aromatic rings. The highest BCUT2D eigenvalue weighted by Gasteiger charge is 2.36. The summed E-state index contributed by atoms with van der Waals surface area (Å²) in [6.45, 7) is 2.11. The normalized spacial score (nSPS) is 22.7. The summed E-state index contributed by atoms with van der Waals surface area (Å²) < 4.78 is 7.98. The average molecular weight is 328 g/mol. The predicted molar refractivity (Wildman–Crippen MR) is 86.7 cm³/mol. The van der Waals surface area contributed by atoms with Gasteiger partial charge in [-0.3, -0.25) is 4.79 Å². The van der Waals surface area contributed by atoms with Gasteiger partial charge in [0.25, 0.3) is 5.91 Å². The second-order valence-electron chi connectivity index (χ2n) is 6.40. The second kappa shape index (κ2) is 5.86. The van der Waals surface area contributed by atoms with E-state index in [2.05, 4.69) is 20.2 Å². The fourth-order valence-electron chi connectivity index (χ4n) is 3.34. The molecule has 0 saturated carbocycles. The smallest absolute Gasteiger partial charge is 0.272 e. The third kappa shape index (κ3) is 2.52. The van der Waals surface area contributed by atoms with E-state index < -0.39 is 0 Å². The van der Waals surface area contributed by atoms with Gasteiger partial charge in [0.2, 0.25) is 0 Å². The van der Waals surface area contributed by atoms with Crippen LogP contribution >= 0.6 is 0 Å². The van der Waals surface area contributed by atoms with E-state index in [1.54, 1.807) is 26.4 Å². The van der Waals surface area contributed by atoms with Crippen molar-refractivity contribution in [1.82, 2.24) is 24.9 Å². The molecular weight excluding hydrogens is 308 g/mol. The molecule has 24 heavy (non-hydrogen) atoms. The van der Waals surface area contributed by atoms with Gasteiger partial charge in [-0.25, -0.2) is 9.67 Å². The Morgan fingerprint density at radius 1 is 1.38 bits per heavy atom. The summed E-state index contributed by atoms with van der Waals surface area (Å²) in [7, 11) is 3.46. The van der Waals surface area contributed by atoms with Gasteiger partial charge >= 0.3 is 0 Å². The highest BCUT2D eigenvalue weighted by Crippen LogP contribution is 2.32. The molecule has 1 saturated heterocycles. The molecule has 2 unspecified atom stereocenters. The minimum absolute atomic E-state index is 0.0583. The number of amides is 1. The summed E-state index contributed by atoms with van der Waals surface area (Å²) >= 11 is 0. The molecule has 2 atom stereocenters. The Bertz CT molecular complexity index is 759. The first-order chi connectivity index (χ1) is 11.6. The molecule has 8 heteroatoms. The highest BCUT2D eigenvalue weighted by molar-refractivity contribution is 5.92. The van der Waals surface area contributed by atoms with Crippen molar-refractivity contribution in [2.75, 3.05) is 32.1 Å². The fourth-order valence-corrected chi connectivity index (χ4v) is 3.34. The minimum Gasteiger partial charge on any atom is -0.368 e. The van der Waals surface area contributed by atoms with Crippen LogP contribution in [0.3, 0.4) is 0 Å². The zero-order chi connectivity index (χ0) is 16.7. The van der Waals surface area contributed by atoms with Gasteiger partial charge in [-0.2, -0.15) is 0 Å².